The maximum Gasteiger partial charge on any atom is 0.248 e. The summed E-state index contributed by atoms with van der Waals surface area (Å²) in [6, 6.07) is 14.9. The Morgan fingerprint density at radius 3 is 2.67 bits per heavy atom. The summed E-state index contributed by atoms with van der Waals surface area (Å²) in [7, 11) is 1.56. The molecule has 0 radical (unpaired) electrons. The summed E-state index contributed by atoms with van der Waals surface area (Å²) in [6.07, 6.45) is 1.00. The number of hydrogen-bond donors (Lipinski definition) is 0. The van der Waals surface area contributed by atoms with Crippen LogP contribution in [0.15, 0.2) is 36.4 Å². The second-order valence-electron chi connectivity index (χ2n) is 6.46. The molecule has 2 aromatic rings. The van der Waals surface area contributed by atoms with Crippen LogP contribution in [0.1, 0.15) is 12.0 Å². The van der Waals surface area contributed by atoms with Crippen molar-refractivity contribution in [1.82, 2.24) is 4.90 Å². The fourth-order valence-corrected chi connectivity index (χ4v) is 4.10. The summed E-state index contributed by atoms with van der Waals surface area (Å²) in [5.41, 5.74) is 1.87. The molecule has 2 heterocycles. The van der Waals surface area contributed by atoms with Crippen LogP contribution in [0.5, 0.6) is 0 Å². The van der Waals surface area contributed by atoms with Gasteiger partial charge in [-0.1, -0.05) is 24.3 Å². The number of piperazine rings is 1. The normalized spacial score (nSPS) is 22.2. The monoisotopic (exact) mass is 321 g/mol. The molecule has 2 bridgehead atoms. The highest BCUT2D eigenvalue weighted by atomic mass is 16.5. The van der Waals surface area contributed by atoms with Gasteiger partial charge in [0.2, 0.25) is 5.91 Å². The zero-order valence-electron chi connectivity index (χ0n) is 13.6. The second kappa shape index (κ2) is 5.81. The summed E-state index contributed by atoms with van der Waals surface area (Å²) in [5, 5.41) is 11.4. The molecule has 0 spiro atoms. The average Bonchev–Trinajstić information content (AvgIpc) is 3.21. The van der Waals surface area contributed by atoms with Gasteiger partial charge in [-0.05, 0) is 18.6 Å². The third-order valence-corrected chi connectivity index (χ3v) is 5.16. The Bertz CT molecular complexity index is 842. The van der Waals surface area contributed by atoms with Crippen molar-refractivity contribution in [3.8, 4) is 6.07 Å². The van der Waals surface area contributed by atoms with Crippen LogP contribution in [0.2, 0.25) is 0 Å². The highest BCUT2D eigenvalue weighted by Crippen LogP contribution is 2.38. The maximum atomic E-state index is 12.1. The van der Waals surface area contributed by atoms with E-state index in [9.17, 15) is 10.1 Å². The first-order valence-electron chi connectivity index (χ1n) is 8.20. The van der Waals surface area contributed by atoms with E-state index in [-0.39, 0.29) is 18.6 Å². The Morgan fingerprint density at radius 2 is 2.00 bits per heavy atom. The van der Waals surface area contributed by atoms with Crippen molar-refractivity contribution in [1.29, 1.82) is 5.26 Å². The number of likely N-dealkylation sites (tertiary alicyclic amines) is 1. The lowest BCUT2D eigenvalue weighted by molar-refractivity contribution is -0.136. The van der Waals surface area contributed by atoms with Gasteiger partial charge in [0.05, 0.1) is 17.7 Å². The summed E-state index contributed by atoms with van der Waals surface area (Å²) in [5.74, 6) is 0.0781. The molecule has 2 fully saturated rings. The largest absolute Gasteiger partial charge is 0.375 e. The van der Waals surface area contributed by atoms with Crippen LogP contribution in [-0.2, 0) is 9.53 Å². The standard InChI is InChI=1S/C19H19N3O2/c1-24-12-19(23)22-11-14-8-15(22)10-21(14)18-7-6-13(9-20)16-4-2-3-5-17(16)18/h2-7,14-15H,8,10-12H2,1H3/t14-,15-/m0/s1. The number of amides is 1. The number of carbonyl (C=O) groups is 1. The van der Waals surface area contributed by atoms with Gasteiger partial charge in [0.1, 0.15) is 6.61 Å². The van der Waals surface area contributed by atoms with Crippen LogP contribution in [0.4, 0.5) is 5.69 Å². The molecule has 5 nitrogen and oxygen atoms in total. The van der Waals surface area contributed by atoms with Crippen LogP contribution in [-0.4, -0.2) is 49.7 Å². The Hall–Kier alpha value is -2.58. The number of nitrogens with zero attached hydrogens (tertiary/aromatic N) is 3. The number of rotatable bonds is 3. The molecule has 2 aliphatic heterocycles. The minimum absolute atomic E-state index is 0.0781. The van der Waals surface area contributed by atoms with Gasteiger partial charge in [-0.15, -0.1) is 0 Å². The van der Waals surface area contributed by atoms with Gasteiger partial charge < -0.3 is 14.5 Å². The van der Waals surface area contributed by atoms with E-state index < -0.39 is 0 Å². The number of hydrogen-bond acceptors (Lipinski definition) is 4. The van der Waals surface area contributed by atoms with E-state index in [1.807, 2.05) is 35.2 Å². The third kappa shape index (κ3) is 2.22. The van der Waals surface area contributed by atoms with Crippen LogP contribution in [0, 0.1) is 11.3 Å². The molecule has 5 heteroatoms. The Labute approximate surface area is 141 Å². The van der Waals surface area contributed by atoms with Gasteiger partial charge >= 0.3 is 0 Å². The molecule has 2 atom stereocenters. The molecule has 2 saturated heterocycles. The SMILES string of the molecule is COCC(=O)N1C[C@@H]2C[C@H]1CN2c1ccc(C#N)c2ccccc12. The first-order valence-corrected chi connectivity index (χ1v) is 8.20. The fraction of sp³-hybridized carbons (Fsp3) is 0.368. The minimum atomic E-state index is 0.0781. The summed E-state index contributed by atoms with van der Waals surface area (Å²) >= 11 is 0. The van der Waals surface area contributed by atoms with Crippen molar-refractivity contribution in [3.63, 3.8) is 0 Å². The zero-order chi connectivity index (χ0) is 16.7. The lowest BCUT2D eigenvalue weighted by Gasteiger charge is -2.36. The van der Waals surface area contributed by atoms with E-state index in [0.29, 0.717) is 11.6 Å². The molecule has 2 aliphatic rings. The smallest absolute Gasteiger partial charge is 0.248 e. The van der Waals surface area contributed by atoms with Gasteiger partial charge in [-0.2, -0.15) is 5.26 Å². The lowest BCUT2D eigenvalue weighted by Crippen LogP contribution is -2.49. The highest BCUT2D eigenvalue weighted by molar-refractivity contribution is 5.98. The van der Waals surface area contributed by atoms with Gasteiger partial charge in [0.15, 0.2) is 0 Å². The van der Waals surface area contributed by atoms with E-state index in [0.717, 1.165) is 36.0 Å². The predicted molar refractivity (Wildman–Crippen MR) is 91.8 cm³/mol. The van der Waals surface area contributed by atoms with Gasteiger partial charge in [-0.25, -0.2) is 0 Å². The fourth-order valence-electron chi connectivity index (χ4n) is 4.10. The quantitative estimate of drug-likeness (QED) is 0.869. The van der Waals surface area contributed by atoms with Crippen molar-refractivity contribution >= 4 is 22.4 Å². The van der Waals surface area contributed by atoms with Crippen LogP contribution < -0.4 is 4.90 Å². The topological polar surface area (TPSA) is 56.6 Å². The van der Waals surface area contributed by atoms with Crippen molar-refractivity contribution < 1.29 is 9.53 Å². The van der Waals surface area contributed by atoms with Gasteiger partial charge in [0, 0.05) is 42.7 Å². The first-order chi connectivity index (χ1) is 11.7. The predicted octanol–water partition coefficient (Wildman–Crippen LogP) is 2.15. The number of methoxy groups -OCH3 is 1. The molecule has 0 aliphatic carbocycles. The zero-order valence-corrected chi connectivity index (χ0v) is 13.6. The molecular weight excluding hydrogens is 302 g/mol. The van der Waals surface area contributed by atoms with Gasteiger partial charge in [-0.3, -0.25) is 4.79 Å². The molecule has 0 saturated carbocycles. The highest BCUT2D eigenvalue weighted by Gasteiger charge is 2.45. The molecule has 24 heavy (non-hydrogen) atoms. The average molecular weight is 321 g/mol. The Kier molecular flexibility index (Phi) is 3.62. The summed E-state index contributed by atoms with van der Waals surface area (Å²) in [6.45, 7) is 1.75. The minimum Gasteiger partial charge on any atom is -0.375 e. The maximum absolute atomic E-state index is 12.1. The van der Waals surface area contributed by atoms with E-state index >= 15 is 0 Å². The molecule has 0 unspecified atom stereocenters. The van der Waals surface area contributed by atoms with E-state index in [4.69, 9.17) is 4.74 Å². The molecular formula is C19H19N3O2. The summed E-state index contributed by atoms with van der Waals surface area (Å²) < 4.78 is 4.98. The number of carbonyl (C=O) groups excluding carboxylic acids is 1. The lowest BCUT2D eigenvalue weighted by atomic mass is 10.0. The van der Waals surface area contributed by atoms with Crippen molar-refractivity contribution in [3.05, 3.63) is 42.0 Å². The van der Waals surface area contributed by atoms with Gasteiger partial charge in [0.25, 0.3) is 0 Å². The molecule has 1 amide bonds. The number of fused-ring (bicyclic) bond motifs is 3. The third-order valence-electron chi connectivity index (χ3n) is 5.16. The molecule has 0 aromatic heterocycles. The number of ether oxygens (including phenoxy) is 1. The van der Waals surface area contributed by atoms with E-state index in [1.54, 1.807) is 7.11 Å². The Morgan fingerprint density at radius 1 is 1.21 bits per heavy atom. The Balaban J connectivity index is 1.65. The molecule has 4 rings (SSSR count). The van der Waals surface area contributed by atoms with Crippen LogP contribution in [0.3, 0.4) is 0 Å². The number of anilines is 1. The van der Waals surface area contributed by atoms with Crippen molar-refractivity contribution in [2.75, 3.05) is 31.7 Å². The summed E-state index contributed by atoms with van der Waals surface area (Å²) in [4.78, 5) is 16.5. The van der Waals surface area contributed by atoms with Crippen molar-refractivity contribution in [2.24, 2.45) is 0 Å². The molecule has 122 valence electrons. The van der Waals surface area contributed by atoms with Crippen LogP contribution in [0.25, 0.3) is 10.8 Å². The molecule has 2 aromatic carbocycles. The van der Waals surface area contributed by atoms with Crippen molar-refractivity contribution in [2.45, 2.75) is 18.5 Å². The second-order valence-corrected chi connectivity index (χ2v) is 6.46. The number of nitriles is 1. The first kappa shape index (κ1) is 15.0. The molecule has 0 N–H and O–H groups in total. The van der Waals surface area contributed by atoms with E-state index in [1.165, 1.54) is 0 Å². The van der Waals surface area contributed by atoms with E-state index in [2.05, 4.69) is 17.0 Å². The van der Waals surface area contributed by atoms with Crippen LogP contribution >= 0.6 is 0 Å². The number of benzene rings is 2.